The molecule has 0 aliphatic rings. The average Bonchev–Trinajstić information content (AvgIpc) is 2.86. The zero-order valence-electron chi connectivity index (χ0n) is 23.9. The molecular weight excluding hydrogens is 483 g/mol. The maximum Gasteiger partial charge on any atom is 0.168 e. The fourth-order valence-electron chi connectivity index (χ4n) is 4.26. The molecule has 2 aromatic rings. The second-order valence-electron chi connectivity index (χ2n) is 10.6. The van der Waals surface area contributed by atoms with Gasteiger partial charge in [-0.1, -0.05) is 120 Å². The SMILES string of the molecule is CCCCCCCCCCCCCCCC[n+]1ccccc1.CC[N+](C)(C)Cc1ccccc1.[Cl-].[Cl-]. The molecule has 0 spiro atoms. The van der Waals surface area contributed by atoms with Gasteiger partial charge in [-0.3, -0.25) is 0 Å². The summed E-state index contributed by atoms with van der Waals surface area (Å²) < 4.78 is 3.35. The molecule has 36 heavy (non-hydrogen) atoms. The largest absolute Gasteiger partial charge is 1.00 e. The van der Waals surface area contributed by atoms with Crippen LogP contribution in [-0.4, -0.2) is 25.1 Å². The van der Waals surface area contributed by atoms with Crippen molar-refractivity contribution >= 4 is 0 Å². The molecule has 0 radical (unpaired) electrons. The molecule has 0 saturated heterocycles. The topological polar surface area (TPSA) is 3.88 Å². The van der Waals surface area contributed by atoms with Crippen LogP contribution < -0.4 is 29.4 Å². The Morgan fingerprint density at radius 3 is 1.42 bits per heavy atom. The molecule has 0 N–H and O–H groups in total. The summed E-state index contributed by atoms with van der Waals surface area (Å²) in [5.41, 5.74) is 1.42. The Morgan fingerprint density at radius 1 is 0.556 bits per heavy atom. The summed E-state index contributed by atoms with van der Waals surface area (Å²) >= 11 is 0. The summed E-state index contributed by atoms with van der Waals surface area (Å²) in [5, 5.41) is 0. The molecule has 1 heterocycles. The third-order valence-electron chi connectivity index (χ3n) is 6.86. The molecule has 1 aromatic heterocycles. The maximum absolute atomic E-state index is 2.29. The first kappa shape index (κ1) is 37.1. The van der Waals surface area contributed by atoms with Gasteiger partial charge in [-0.05, 0) is 13.3 Å². The highest BCUT2D eigenvalue weighted by Gasteiger charge is 2.11. The molecule has 0 fully saturated rings. The van der Waals surface area contributed by atoms with E-state index in [0.717, 1.165) is 11.0 Å². The molecular formula is C32H56Cl2N2. The van der Waals surface area contributed by atoms with E-state index in [0.29, 0.717) is 0 Å². The standard InChI is InChI=1S/C21H38N.C11H18N.2ClH/c1-2-3-4-5-6-7-8-9-10-11-12-13-14-16-19-22-20-17-15-18-21-22;1-4-12(2,3)10-11-8-6-5-7-9-11;;/h15,17-18,20-21H,2-14,16,19H2,1H3;5-9H,4,10H2,1-3H3;2*1H/q2*+1;;/p-2. The molecule has 1 aromatic carbocycles. The summed E-state index contributed by atoms with van der Waals surface area (Å²) in [6, 6.07) is 17.0. The first-order valence-electron chi connectivity index (χ1n) is 14.4. The molecule has 4 heteroatoms. The second kappa shape index (κ2) is 25.6. The van der Waals surface area contributed by atoms with Crippen LogP contribution in [-0.2, 0) is 13.1 Å². The van der Waals surface area contributed by atoms with E-state index >= 15 is 0 Å². The normalized spacial score (nSPS) is 10.6. The predicted octanol–water partition coefficient (Wildman–Crippen LogP) is 2.75. The average molecular weight is 540 g/mol. The highest BCUT2D eigenvalue weighted by molar-refractivity contribution is 5.13. The van der Waals surface area contributed by atoms with Crippen LogP contribution in [0.25, 0.3) is 0 Å². The molecule has 0 bridgehead atoms. The number of quaternary nitrogens is 1. The van der Waals surface area contributed by atoms with Gasteiger partial charge in [-0.25, -0.2) is 4.57 Å². The van der Waals surface area contributed by atoms with Crippen molar-refractivity contribution in [1.82, 2.24) is 0 Å². The van der Waals surface area contributed by atoms with Gasteiger partial charge >= 0.3 is 0 Å². The lowest BCUT2D eigenvalue weighted by Crippen LogP contribution is -3.00. The number of benzene rings is 1. The summed E-state index contributed by atoms with van der Waals surface area (Å²) in [5.74, 6) is 0. The van der Waals surface area contributed by atoms with Crippen molar-refractivity contribution in [2.75, 3.05) is 20.6 Å². The van der Waals surface area contributed by atoms with Gasteiger partial charge in [-0.2, -0.15) is 0 Å². The number of aromatic nitrogens is 1. The van der Waals surface area contributed by atoms with Crippen LogP contribution in [0.3, 0.4) is 0 Å². The van der Waals surface area contributed by atoms with Gasteiger partial charge in [-0.15, -0.1) is 0 Å². The van der Waals surface area contributed by atoms with Gasteiger partial charge in [0.25, 0.3) is 0 Å². The molecule has 0 aliphatic carbocycles. The van der Waals surface area contributed by atoms with Gasteiger partial charge in [0.1, 0.15) is 13.1 Å². The second-order valence-corrected chi connectivity index (χ2v) is 10.6. The summed E-state index contributed by atoms with van der Waals surface area (Å²) in [4.78, 5) is 0. The van der Waals surface area contributed by atoms with E-state index in [-0.39, 0.29) is 24.8 Å². The minimum Gasteiger partial charge on any atom is -1.00 e. The molecule has 0 atom stereocenters. The van der Waals surface area contributed by atoms with Crippen molar-refractivity contribution in [2.24, 2.45) is 0 Å². The predicted molar refractivity (Wildman–Crippen MR) is 150 cm³/mol. The number of rotatable bonds is 18. The van der Waals surface area contributed by atoms with Crippen molar-refractivity contribution < 1.29 is 33.9 Å². The number of aryl methyl sites for hydroxylation is 1. The van der Waals surface area contributed by atoms with Gasteiger partial charge < -0.3 is 29.3 Å². The van der Waals surface area contributed by atoms with Gasteiger partial charge in [0.2, 0.25) is 0 Å². The van der Waals surface area contributed by atoms with E-state index in [1.165, 1.54) is 109 Å². The van der Waals surface area contributed by atoms with E-state index in [1.54, 1.807) is 0 Å². The van der Waals surface area contributed by atoms with E-state index in [1.807, 2.05) is 0 Å². The van der Waals surface area contributed by atoms with Crippen molar-refractivity contribution in [3.8, 4) is 0 Å². The smallest absolute Gasteiger partial charge is 0.168 e. The number of unbranched alkanes of at least 4 members (excludes halogenated alkanes) is 13. The summed E-state index contributed by atoms with van der Waals surface area (Å²) in [7, 11) is 4.51. The Hall–Kier alpha value is -1.09. The van der Waals surface area contributed by atoms with Crippen molar-refractivity contribution in [2.45, 2.75) is 117 Å². The van der Waals surface area contributed by atoms with Gasteiger partial charge in [0, 0.05) is 24.1 Å². The zero-order valence-corrected chi connectivity index (χ0v) is 25.5. The van der Waals surface area contributed by atoms with Gasteiger partial charge in [0.15, 0.2) is 12.4 Å². The molecule has 0 amide bonds. The Bertz CT molecular complexity index is 677. The Morgan fingerprint density at radius 2 is 0.972 bits per heavy atom. The maximum atomic E-state index is 2.29. The highest BCUT2D eigenvalue weighted by atomic mass is 35.5. The molecule has 2 rings (SSSR count). The first-order valence-corrected chi connectivity index (χ1v) is 14.4. The van der Waals surface area contributed by atoms with Crippen molar-refractivity contribution in [3.05, 3.63) is 66.5 Å². The monoisotopic (exact) mass is 538 g/mol. The van der Waals surface area contributed by atoms with Crippen LogP contribution >= 0.6 is 0 Å². The molecule has 0 saturated carbocycles. The Labute approximate surface area is 237 Å². The number of hydrogen-bond acceptors (Lipinski definition) is 0. The lowest BCUT2D eigenvalue weighted by molar-refractivity contribution is -0.901. The van der Waals surface area contributed by atoms with E-state index in [4.69, 9.17) is 0 Å². The fourth-order valence-corrected chi connectivity index (χ4v) is 4.26. The van der Waals surface area contributed by atoms with Crippen LogP contribution in [0.4, 0.5) is 0 Å². The van der Waals surface area contributed by atoms with Crippen molar-refractivity contribution in [1.29, 1.82) is 0 Å². The number of nitrogens with zero attached hydrogens (tertiary/aromatic N) is 2. The molecule has 208 valence electrons. The molecule has 0 aliphatic heterocycles. The Kier molecular flexibility index (Phi) is 26.3. The van der Waals surface area contributed by atoms with Crippen molar-refractivity contribution in [3.63, 3.8) is 0 Å². The lowest BCUT2D eigenvalue weighted by Gasteiger charge is -2.28. The fraction of sp³-hybridized carbons (Fsp3) is 0.656. The Balaban J connectivity index is 0. The quantitative estimate of drug-likeness (QED) is 0.156. The minimum absolute atomic E-state index is 0. The number of pyridine rings is 1. The van der Waals surface area contributed by atoms with Crippen LogP contribution in [0.2, 0.25) is 0 Å². The first-order chi connectivity index (χ1) is 16.6. The summed E-state index contributed by atoms with van der Waals surface area (Å²) in [6.07, 6.45) is 24.4. The number of halogens is 2. The zero-order chi connectivity index (χ0) is 24.7. The number of hydrogen-bond donors (Lipinski definition) is 0. The van der Waals surface area contributed by atoms with Crippen LogP contribution in [0.5, 0.6) is 0 Å². The third kappa shape index (κ3) is 22.1. The van der Waals surface area contributed by atoms with E-state index in [9.17, 15) is 0 Å². The molecule has 0 unspecified atom stereocenters. The van der Waals surface area contributed by atoms with Crippen LogP contribution in [0.1, 0.15) is 109 Å². The molecule has 2 nitrogen and oxygen atoms in total. The van der Waals surface area contributed by atoms with E-state index < -0.39 is 0 Å². The van der Waals surface area contributed by atoms with E-state index in [2.05, 4.69) is 93.4 Å². The van der Waals surface area contributed by atoms with Crippen LogP contribution in [0.15, 0.2) is 60.9 Å². The third-order valence-corrected chi connectivity index (χ3v) is 6.86. The summed E-state index contributed by atoms with van der Waals surface area (Å²) in [6.45, 7) is 7.99. The highest BCUT2D eigenvalue weighted by Crippen LogP contribution is 2.13. The van der Waals surface area contributed by atoms with Crippen LogP contribution in [0, 0.1) is 0 Å². The van der Waals surface area contributed by atoms with Gasteiger partial charge in [0.05, 0.1) is 20.6 Å². The lowest BCUT2D eigenvalue weighted by atomic mass is 10.0. The minimum atomic E-state index is 0.